The van der Waals surface area contributed by atoms with Crippen molar-refractivity contribution < 1.29 is 19.2 Å². The predicted molar refractivity (Wildman–Crippen MR) is 131 cm³/mol. The molecule has 0 aromatic carbocycles. The van der Waals surface area contributed by atoms with Gasteiger partial charge in [0.1, 0.15) is 18.2 Å². The molecule has 10 nitrogen and oxygen atoms in total. The summed E-state index contributed by atoms with van der Waals surface area (Å²) in [6.45, 7) is 5.98. The number of ketones is 1. The zero-order valence-electron chi connectivity index (χ0n) is 21.0. The van der Waals surface area contributed by atoms with Crippen LogP contribution in [0.4, 0.5) is 0 Å². The first-order valence-corrected chi connectivity index (χ1v) is 12.6. The number of nitrogens with one attached hydrogen (secondary N) is 3. The van der Waals surface area contributed by atoms with Gasteiger partial charge in [-0.2, -0.15) is 0 Å². The second kappa shape index (κ2) is 11.0. The maximum atomic E-state index is 13.6. The lowest BCUT2D eigenvalue weighted by Gasteiger charge is -2.34. The van der Waals surface area contributed by atoms with Crippen LogP contribution in [0.2, 0.25) is 0 Å². The summed E-state index contributed by atoms with van der Waals surface area (Å²) in [5.74, 6) is -1.89. The molecule has 2 aromatic rings. The molecule has 10 heteroatoms. The zero-order valence-corrected chi connectivity index (χ0v) is 21.0. The normalized spacial score (nSPS) is 22.5. The monoisotopic (exact) mass is 494 g/mol. The molecule has 3 N–H and O–H groups in total. The molecule has 3 heterocycles. The number of carbonyl (C=O) groups is 4. The maximum Gasteiger partial charge on any atom is 0.243 e. The third-order valence-electron chi connectivity index (χ3n) is 7.36. The molecule has 0 saturated heterocycles. The molecule has 0 saturated carbocycles. The molecule has 0 spiro atoms. The lowest BCUT2D eigenvalue weighted by atomic mass is 9.79. The van der Waals surface area contributed by atoms with E-state index < -0.39 is 23.9 Å². The second-order valence-corrected chi connectivity index (χ2v) is 9.91. The van der Waals surface area contributed by atoms with Crippen LogP contribution in [0, 0.1) is 11.8 Å². The van der Waals surface area contributed by atoms with Gasteiger partial charge < -0.3 is 20.5 Å². The van der Waals surface area contributed by atoms with Crippen molar-refractivity contribution >= 4 is 23.5 Å². The summed E-state index contributed by atoms with van der Waals surface area (Å²) in [4.78, 5) is 59.5. The minimum Gasteiger partial charge on any atom is -0.352 e. The number of aryl methyl sites for hydroxylation is 1. The van der Waals surface area contributed by atoms with Crippen LogP contribution in [0.5, 0.6) is 0 Å². The van der Waals surface area contributed by atoms with Gasteiger partial charge in [-0.3, -0.25) is 19.2 Å². The number of Topliss-reactive ketones (excluding diaryl/α,β-unsaturated/α-hetero) is 1. The number of amides is 3. The van der Waals surface area contributed by atoms with Crippen molar-refractivity contribution in [1.29, 1.82) is 0 Å². The largest absolute Gasteiger partial charge is 0.352 e. The van der Waals surface area contributed by atoms with Crippen LogP contribution in [0.1, 0.15) is 62.8 Å². The Kier molecular flexibility index (Phi) is 7.81. The highest BCUT2D eigenvalue weighted by atomic mass is 16.2. The highest BCUT2D eigenvalue weighted by Crippen LogP contribution is 2.38. The highest BCUT2D eigenvalue weighted by Gasteiger charge is 2.42. The van der Waals surface area contributed by atoms with Crippen LogP contribution in [0.15, 0.2) is 31.0 Å². The number of carbonyl (C=O) groups excluding carboxylic acids is 4. The molecule has 4 rings (SSSR count). The summed E-state index contributed by atoms with van der Waals surface area (Å²) in [6.07, 6.45) is 8.82. The molecule has 1 aliphatic carbocycles. The van der Waals surface area contributed by atoms with E-state index in [1.54, 1.807) is 12.4 Å². The summed E-state index contributed by atoms with van der Waals surface area (Å²) in [5, 5.41) is 8.75. The van der Waals surface area contributed by atoms with Crippen molar-refractivity contribution in [1.82, 2.24) is 30.5 Å². The fourth-order valence-electron chi connectivity index (χ4n) is 5.28. The summed E-state index contributed by atoms with van der Waals surface area (Å²) < 4.78 is 2.00. The first-order chi connectivity index (χ1) is 17.3. The lowest BCUT2D eigenvalue weighted by molar-refractivity contribution is -0.132. The van der Waals surface area contributed by atoms with E-state index in [0.717, 1.165) is 29.7 Å². The number of hydrogen-bond donors (Lipinski definition) is 3. The molecule has 3 amide bonds. The first kappa shape index (κ1) is 25.5. The van der Waals surface area contributed by atoms with Crippen molar-refractivity contribution in [2.24, 2.45) is 11.8 Å². The molecule has 1 aliphatic heterocycles. The maximum absolute atomic E-state index is 13.6. The van der Waals surface area contributed by atoms with Gasteiger partial charge in [0, 0.05) is 62.3 Å². The molecule has 0 bridgehead atoms. The van der Waals surface area contributed by atoms with E-state index in [4.69, 9.17) is 0 Å². The predicted octanol–water partition coefficient (Wildman–Crippen LogP) is 1.25. The average molecular weight is 495 g/mol. The zero-order chi connectivity index (χ0) is 25.8. The average Bonchev–Trinajstić information content (AvgIpc) is 3.20. The van der Waals surface area contributed by atoms with Crippen molar-refractivity contribution in [3.05, 3.63) is 47.8 Å². The van der Waals surface area contributed by atoms with Crippen LogP contribution in [0.25, 0.3) is 0 Å². The topological polar surface area (TPSA) is 135 Å². The van der Waals surface area contributed by atoms with Gasteiger partial charge in [-0.25, -0.2) is 9.97 Å². The van der Waals surface area contributed by atoms with Crippen molar-refractivity contribution in [3.8, 4) is 0 Å². The highest BCUT2D eigenvalue weighted by molar-refractivity contribution is 5.93. The molecule has 192 valence electrons. The minimum atomic E-state index is -0.665. The van der Waals surface area contributed by atoms with Gasteiger partial charge in [0.15, 0.2) is 0 Å². The molecule has 2 aliphatic rings. The summed E-state index contributed by atoms with van der Waals surface area (Å²) in [7, 11) is 0. The van der Waals surface area contributed by atoms with Crippen molar-refractivity contribution in [2.75, 3.05) is 0 Å². The Hall–Kier alpha value is -3.56. The van der Waals surface area contributed by atoms with E-state index in [0.29, 0.717) is 13.0 Å². The first-order valence-electron chi connectivity index (χ1n) is 12.6. The molecule has 1 unspecified atom stereocenters. The molecule has 0 fully saturated rings. The fourth-order valence-corrected chi connectivity index (χ4v) is 5.28. The molecule has 36 heavy (non-hydrogen) atoms. The molecular formula is C26H34N6O4. The van der Waals surface area contributed by atoms with Crippen LogP contribution in [-0.2, 0) is 38.7 Å². The SMILES string of the molecule is CC[C@H](C)[C@H](NC(C)=O)C(=O)N[C@H]1CCc2ccn3c2C1C(=O)C[C@H](C(=O)NCc1cncnc1)C3. The van der Waals surface area contributed by atoms with Crippen molar-refractivity contribution in [3.63, 3.8) is 0 Å². The van der Waals surface area contributed by atoms with Crippen LogP contribution >= 0.6 is 0 Å². The van der Waals surface area contributed by atoms with E-state index in [-0.39, 0.29) is 42.4 Å². The van der Waals surface area contributed by atoms with Crippen LogP contribution in [0.3, 0.4) is 0 Å². The van der Waals surface area contributed by atoms with Gasteiger partial charge in [0.25, 0.3) is 0 Å². The smallest absolute Gasteiger partial charge is 0.243 e. The van der Waals surface area contributed by atoms with Gasteiger partial charge in [0.2, 0.25) is 17.7 Å². The Labute approximate surface area is 210 Å². The third kappa shape index (κ3) is 5.47. The van der Waals surface area contributed by atoms with E-state index in [1.807, 2.05) is 30.7 Å². The number of rotatable bonds is 8. The molecule has 2 aromatic heterocycles. The Morgan fingerprint density at radius 2 is 1.97 bits per heavy atom. The Balaban J connectivity index is 1.51. The van der Waals surface area contributed by atoms with E-state index in [2.05, 4.69) is 25.9 Å². The number of hydrogen-bond acceptors (Lipinski definition) is 6. The van der Waals surface area contributed by atoms with Gasteiger partial charge in [-0.15, -0.1) is 0 Å². The minimum absolute atomic E-state index is 0.0511. The number of nitrogens with zero attached hydrogens (tertiary/aromatic N) is 3. The standard InChI is InChI=1S/C26H34N6O4/c1-4-15(2)23(30-16(3)33)26(36)31-20-6-5-18-7-8-32-13-19(9-21(34)22(20)24(18)32)25(35)29-12-17-10-27-14-28-11-17/h7-8,10-11,14-15,19-20,22-23H,4-6,9,12-13H2,1-3H3,(H,29,35)(H,30,33)(H,31,36)/t15-,19-,20-,22?,23-/m0/s1. The van der Waals surface area contributed by atoms with Gasteiger partial charge in [-0.1, -0.05) is 20.3 Å². The summed E-state index contributed by atoms with van der Waals surface area (Å²) >= 11 is 0. The summed E-state index contributed by atoms with van der Waals surface area (Å²) in [6, 6.07) is 0.950. The van der Waals surface area contributed by atoms with Gasteiger partial charge >= 0.3 is 0 Å². The molecule has 0 radical (unpaired) electrons. The third-order valence-corrected chi connectivity index (χ3v) is 7.36. The quantitative estimate of drug-likeness (QED) is 0.506. The van der Waals surface area contributed by atoms with Gasteiger partial charge in [0.05, 0.1) is 11.8 Å². The molecule has 5 atom stereocenters. The lowest BCUT2D eigenvalue weighted by Crippen LogP contribution is -2.54. The van der Waals surface area contributed by atoms with Crippen LogP contribution < -0.4 is 16.0 Å². The Bertz CT molecular complexity index is 1130. The number of aromatic nitrogens is 3. The Morgan fingerprint density at radius 1 is 1.22 bits per heavy atom. The van der Waals surface area contributed by atoms with E-state index >= 15 is 0 Å². The fraction of sp³-hybridized carbons (Fsp3) is 0.538. The molecular weight excluding hydrogens is 460 g/mol. The Morgan fingerprint density at radius 3 is 2.67 bits per heavy atom. The summed E-state index contributed by atoms with van der Waals surface area (Å²) in [5.41, 5.74) is 2.76. The van der Waals surface area contributed by atoms with E-state index in [9.17, 15) is 19.2 Å². The van der Waals surface area contributed by atoms with E-state index in [1.165, 1.54) is 13.3 Å². The van der Waals surface area contributed by atoms with Gasteiger partial charge in [-0.05, 0) is 30.4 Å². The second-order valence-electron chi connectivity index (χ2n) is 9.91. The van der Waals surface area contributed by atoms with Crippen molar-refractivity contribution in [2.45, 2.75) is 77.5 Å². The van der Waals surface area contributed by atoms with Crippen LogP contribution in [-0.4, -0.2) is 50.1 Å².